The maximum absolute atomic E-state index is 4.48. The fraction of sp³-hybridized carbons (Fsp3) is 0.500. The summed E-state index contributed by atoms with van der Waals surface area (Å²) in [4.78, 5) is 8.05. The maximum Gasteiger partial charge on any atom is 0.193 e. The number of aliphatic imine (C=N–C) groups is 1. The Morgan fingerprint density at radius 2 is 2.05 bits per heavy atom. The van der Waals surface area contributed by atoms with Crippen LogP contribution in [-0.4, -0.2) is 42.3 Å². The molecule has 0 bridgehead atoms. The summed E-state index contributed by atoms with van der Waals surface area (Å²) in [5, 5.41) is 3.51. The number of benzene rings is 1. The molecule has 0 atom stereocenters. The van der Waals surface area contributed by atoms with Gasteiger partial charge < -0.3 is 10.2 Å². The van der Waals surface area contributed by atoms with Crippen LogP contribution in [0.15, 0.2) is 40.2 Å². The molecule has 1 N–H and O–H groups in total. The number of nitrogens with zero attached hydrogens (tertiary/aromatic N) is 2. The Kier molecular flexibility index (Phi) is 5.00. The summed E-state index contributed by atoms with van der Waals surface area (Å²) in [6, 6.07) is 10.7. The van der Waals surface area contributed by atoms with E-state index in [-0.39, 0.29) is 24.0 Å². The molecule has 1 saturated carbocycles. The predicted molar refractivity (Wildman–Crippen MR) is 92.6 cm³/mol. The van der Waals surface area contributed by atoms with Crippen molar-refractivity contribution >= 4 is 41.7 Å². The van der Waals surface area contributed by atoms with Crippen molar-refractivity contribution in [2.45, 2.75) is 22.5 Å². The van der Waals surface area contributed by atoms with Crippen molar-refractivity contribution in [3.05, 3.63) is 30.3 Å². The topological polar surface area (TPSA) is 27.6 Å². The lowest BCUT2D eigenvalue weighted by Crippen LogP contribution is -2.39. The number of halogens is 1. The van der Waals surface area contributed by atoms with Crippen LogP contribution in [0.5, 0.6) is 0 Å². The van der Waals surface area contributed by atoms with Gasteiger partial charge in [0.1, 0.15) is 0 Å². The summed E-state index contributed by atoms with van der Waals surface area (Å²) < 4.78 is 0.396. The van der Waals surface area contributed by atoms with E-state index in [1.807, 2.05) is 11.8 Å². The maximum atomic E-state index is 4.48. The van der Waals surface area contributed by atoms with Crippen LogP contribution in [0, 0.1) is 0 Å². The Morgan fingerprint density at radius 3 is 2.63 bits per heavy atom. The SMILES string of the molecule is CN1CCN=C1NCC1(Sc2ccccc2)CC1.I. The normalized spacial score (nSPS) is 19.6. The lowest BCUT2D eigenvalue weighted by atomic mass is 10.4. The number of thioether (sulfide) groups is 1. The van der Waals surface area contributed by atoms with Crippen molar-refractivity contribution in [1.29, 1.82) is 0 Å². The Bertz CT molecular complexity index is 445. The lowest BCUT2D eigenvalue weighted by molar-refractivity contribution is 0.533. The van der Waals surface area contributed by atoms with Gasteiger partial charge in [-0.3, -0.25) is 4.99 Å². The molecule has 0 radical (unpaired) electrons. The van der Waals surface area contributed by atoms with Gasteiger partial charge in [0.15, 0.2) is 5.96 Å². The van der Waals surface area contributed by atoms with Crippen LogP contribution in [0.3, 0.4) is 0 Å². The molecule has 5 heteroatoms. The molecule has 0 aromatic heterocycles. The average molecular weight is 389 g/mol. The van der Waals surface area contributed by atoms with E-state index in [0.29, 0.717) is 4.75 Å². The molecule has 19 heavy (non-hydrogen) atoms. The van der Waals surface area contributed by atoms with E-state index in [2.05, 4.69) is 52.6 Å². The van der Waals surface area contributed by atoms with Gasteiger partial charge in [-0.05, 0) is 25.0 Å². The van der Waals surface area contributed by atoms with Crippen molar-refractivity contribution in [2.24, 2.45) is 4.99 Å². The van der Waals surface area contributed by atoms with Gasteiger partial charge in [-0.2, -0.15) is 0 Å². The third-order valence-electron chi connectivity index (χ3n) is 3.51. The van der Waals surface area contributed by atoms with Crippen LogP contribution < -0.4 is 5.32 Å². The van der Waals surface area contributed by atoms with Crippen molar-refractivity contribution in [3.8, 4) is 0 Å². The van der Waals surface area contributed by atoms with E-state index in [9.17, 15) is 0 Å². The second-order valence-corrected chi connectivity index (χ2v) is 6.62. The molecule has 3 rings (SSSR count). The molecular formula is C14H20IN3S. The summed E-state index contributed by atoms with van der Waals surface area (Å²) in [6.45, 7) is 2.99. The van der Waals surface area contributed by atoms with Crippen molar-refractivity contribution in [1.82, 2.24) is 10.2 Å². The zero-order chi connectivity index (χ0) is 12.4. The van der Waals surface area contributed by atoms with Gasteiger partial charge in [-0.25, -0.2) is 0 Å². The molecule has 0 unspecified atom stereocenters. The zero-order valence-corrected chi connectivity index (χ0v) is 14.3. The molecular weight excluding hydrogens is 369 g/mol. The molecule has 1 heterocycles. The van der Waals surface area contributed by atoms with Crippen LogP contribution in [-0.2, 0) is 0 Å². The smallest absolute Gasteiger partial charge is 0.193 e. The van der Waals surface area contributed by atoms with Crippen LogP contribution in [0.25, 0.3) is 0 Å². The minimum atomic E-state index is 0. The molecule has 3 nitrogen and oxygen atoms in total. The summed E-state index contributed by atoms with van der Waals surface area (Å²) >= 11 is 2.01. The van der Waals surface area contributed by atoms with E-state index < -0.39 is 0 Å². The molecule has 1 aromatic carbocycles. The summed E-state index contributed by atoms with van der Waals surface area (Å²) in [6.07, 6.45) is 2.60. The molecule has 1 aromatic rings. The zero-order valence-electron chi connectivity index (χ0n) is 11.1. The van der Waals surface area contributed by atoms with E-state index in [0.717, 1.165) is 25.6 Å². The largest absolute Gasteiger partial charge is 0.355 e. The van der Waals surface area contributed by atoms with E-state index >= 15 is 0 Å². The minimum Gasteiger partial charge on any atom is -0.355 e. The van der Waals surface area contributed by atoms with Crippen molar-refractivity contribution in [3.63, 3.8) is 0 Å². The number of rotatable bonds is 4. The first kappa shape index (κ1) is 15.0. The van der Waals surface area contributed by atoms with Gasteiger partial charge >= 0.3 is 0 Å². The average Bonchev–Trinajstić information content (AvgIpc) is 3.02. The highest BCUT2D eigenvalue weighted by atomic mass is 127. The fourth-order valence-electron chi connectivity index (χ4n) is 2.16. The standard InChI is InChI=1S/C14H19N3S.HI/c1-17-10-9-15-13(17)16-11-14(7-8-14)18-12-5-3-2-4-6-12;/h2-6H,7-11H2,1H3,(H,15,16);1H. The minimum absolute atomic E-state index is 0. The fourth-order valence-corrected chi connectivity index (χ4v) is 3.40. The molecule has 1 aliphatic carbocycles. The second kappa shape index (κ2) is 6.35. The van der Waals surface area contributed by atoms with Crippen LogP contribution in [0.1, 0.15) is 12.8 Å². The predicted octanol–water partition coefficient (Wildman–Crippen LogP) is 2.82. The van der Waals surface area contributed by atoms with Gasteiger partial charge in [-0.1, -0.05) is 18.2 Å². The Labute approximate surface area is 136 Å². The summed E-state index contributed by atoms with van der Waals surface area (Å²) in [5.74, 6) is 1.06. The molecule has 2 aliphatic rings. The van der Waals surface area contributed by atoms with E-state index in [1.54, 1.807) is 0 Å². The molecule has 1 aliphatic heterocycles. The lowest BCUT2D eigenvalue weighted by Gasteiger charge is -2.20. The first-order chi connectivity index (χ1) is 8.77. The van der Waals surface area contributed by atoms with Crippen LogP contribution >= 0.6 is 35.7 Å². The van der Waals surface area contributed by atoms with E-state index in [4.69, 9.17) is 0 Å². The summed E-state index contributed by atoms with van der Waals surface area (Å²) in [5.41, 5.74) is 0. The highest BCUT2D eigenvalue weighted by molar-refractivity contribution is 14.0. The molecule has 104 valence electrons. The van der Waals surface area contributed by atoms with Crippen molar-refractivity contribution < 1.29 is 0 Å². The third-order valence-corrected chi connectivity index (χ3v) is 5.01. The van der Waals surface area contributed by atoms with Crippen LogP contribution in [0.4, 0.5) is 0 Å². The van der Waals surface area contributed by atoms with Crippen LogP contribution in [0.2, 0.25) is 0 Å². The van der Waals surface area contributed by atoms with Gasteiger partial charge in [0.05, 0.1) is 6.54 Å². The number of hydrogen-bond donors (Lipinski definition) is 1. The number of hydrogen-bond acceptors (Lipinski definition) is 4. The highest BCUT2D eigenvalue weighted by Gasteiger charge is 2.43. The monoisotopic (exact) mass is 389 g/mol. The molecule has 0 amide bonds. The third kappa shape index (κ3) is 3.78. The Hall–Kier alpha value is -0.430. The van der Waals surface area contributed by atoms with E-state index in [1.165, 1.54) is 17.7 Å². The quantitative estimate of drug-likeness (QED) is 0.803. The Balaban J connectivity index is 0.00000133. The molecule has 0 saturated heterocycles. The molecule has 0 spiro atoms. The number of likely N-dealkylation sites (N-methyl/N-ethyl adjacent to an activating group) is 1. The van der Waals surface area contributed by atoms with Gasteiger partial charge in [0, 0.05) is 29.8 Å². The van der Waals surface area contributed by atoms with Gasteiger partial charge in [0.25, 0.3) is 0 Å². The highest BCUT2D eigenvalue weighted by Crippen LogP contribution is 2.51. The van der Waals surface area contributed by atoms with Gasteiger partial charge in [0.2, 0.25) is 0 Å². The first-order valence-corrected chi connectivity index (χ1v) is 7.33. The molecule has 1 fully saturated rings. The number of nitrogens with one attached hydrogen (secondary N) is 1. The Morgan fingerprint density at radius 1 is 1.32 bits per heavy atom. The van der Waals surface area contributed by atoms with Gasteiger partial charge in [-0.15, -0.1) is 35.7 Å². The number of guanidine groups is 1. The first-order valence-electron chi connectivity index (χ1n) is 6.51. The summed E-state index contributed by atoms with van der Waals surface area (Å²) in [7, 11) is 2.10. The van der Waals surface area contributed by atoms with Crippen molar-refractivity contribution in [2.75, 3.05) is 26.7 Å². The second-order valence-electron chi connectivity index (χ2n) is 5.08.